The highest BCUT2D eigenvalue weighted by Gasteiger charge is 2.23. The zero-order chi connectivity index (χ0) is 30.9. The second-order valence-corrected chi connectivity index (χ2v) is 12.2. The Kier molecular flexibility index (Phi) is 5.57. The number of H-pyrrole nitrogens is 1. The molecule has 218 valence electrons. The van der Waals surface area contributed by atoms with Crippen molar-refractivity contribution < 1.29 is 0 Å². The van der Waals surface area contributed by atoms with Crippen LogP contribution >= 0.6 is 0 Å². The van der Waals surface area contributed by atoms with Gasteiger partial charge in [-0.2, -0.15) is 0 Å². The molecule has 0 fully saturated rings. The van der Waals surface area contributed by atoms with Crippen molar-refractivity contribution in [2.75, 3.05) is 0 Å². The summed E-state index contributed by atoms with van der Waals surface area (Å²) in [6.07, 6.45) is 3.86. The average Bonchev–Trinajstić information content (AvgIpc) is 3.56. The van der Waals surface area contributed by atoms with E-state index in [4.69, 9.17) is 4.98 Å². The lowest BCUT2D eigenvalue weighted by atomic mass is 9.87. The maximum atomic E-state index is 5.01. The third-order valence-electron chi connectivity index (χ3n) is 9.64. The molecule has 0 spiro atoms. The van der Waals surface area contributed by atoms with Gasteiger partial charge >= 0.3 is 0 Å². The summed E-state index contributed by atoms with van der Waals surface area (Å²) in [4.78, 5) is 13.6. The van der Waals surface area contributed by atoms with E-state index >= 15 is 0 Å². The van der Waals surface area contributed by atoms with Crippen LogP contribution in [0, 0.1) is 0 Å². The van der Waals surface area contributed by atoms with Crippen LogP contribution in [-0.2, 0) is 0 Å². The summed E-state index contributed by atoms with van der Waals surface area (Å²) in [7, 11) is 0. The van der Waals surface area contributed by atoms with E-state index < -0.39 is 0 Å². The molecule has 7 aromatic carbocycles. The van der Waals surface area contributed by atoms with Gasteiger partial charge in [-0.15, -0.1) is 0 Å². The van der Waals surface area contributed by atoms with Gasteiger partial charge in [0.2, 0.25) is 0 Å². The maximum absolute atomic E-state index is 5.01. The Hall–Kier alpha value is -6.32. The van der Waals surface area contributed by atoms with Crippen LogP contribution in [0.15, 0.2) is 158 Å². The Bertz CT molecular complexity index is 2830. The molecule has 3 heteroatoms. The summed E-state index contributed by atoms with van der Waals surface area (Å²) < 4.78 is 0. The van der Waals surface area contributed by atoms with Crippen molar-refractivity contribution in [3.05, 3.63) is 158 Å². The third kappa shape index (κ3) is 3.87. The first kappa shape index (κ1) is 26.0. The third-order valence-corrected chi connectivity index (χ3v) is 9.64. The zero-order valence-electron chi connectivity index (χ0n) is 25.4. The van der Waals surface area contributed by atoms with Gasteiger partial charge in [-0.1, -0.05) is 127 Å². The van der Waals surface area contributed by atoms with Crippen LogP contribution in [0.3, 0.4) is 0 Å². The Morgan fingerprint density at radius 1 is 0.426 bits per heavy atom. The van der Waals surface area contributed by atoms with E-state index in [0.29, 0.717) is 0 Å². The number of nitrogens with one attached hydrogen (secondary N) is 1. The largest absolute Gasteiger partial charge is 0.353 e. The smallest absolute Gasteiger partial charge is 0.0964 e. The monoisotopic (exact) mass is 597 g/mol. The van der Waals surface area contributed by atoms with Crippen LogP contribution < -0.4 is 0 Å². The van der Waals surface area contributed by atoms with Crippen molar-refractivity contribution in [1.82, 2.24) is 15.0 Å². The van der Waals surface area contributed by atoms with Gasteiger partial charge in [0.15, 0.2) is 0 Å². The molecule has 3 nitrogen and oxygen atoms in total. The number of benzene rings is 7. The molecule has 0 saturated carbocycles. The minimum Gasteiger partial charge on any atom is -0.353 e. The van der Waals surface area contributed by atoms with Crippen LogP contribution in [-0.4, -0.2) is 15.0 Å². The number of aromatic amines is 1. The van der Waals surface area contributed by atoms with Gasteiger partial charge in [0.1, 0.15) is 0 Å². The SMILES string of the molecule is c1ccc(-c2[nH]c3c4ccccc4c4cc(-c5cnc6c(ccc7cccnc76)c5)c5ccccc5c4c3c2-c2ccccc2)cc1. The summed E-state index contributed by atoms with van der Waals surface area (Å²) >= 11 is 0. The molecule has 0 bridgehead atoms. The van der Waals surface area contributed by atoms with Gasteiger partial charge in [0.25, 0.3) is 0 Å². The van der Waals surface area contributed by atoms with Crippen molar-refractivity contribution in [1.29, 1.82) is 0 Å². The molecule has 0 radical (unpaired) electrons. The van der Waals surface area contributed by atoms with Crippen LogP contribution in [0.5, 0.6) is 0 Å². The molecule has 10 rings (SSSR count). The standard InChI is InChI=1S/C44H27N3/c1-3-12-27(13-4-1)38-40-39-34-19-9-7-17-32(34)36(31-24-30-22-21-29-16-11-23-45-42(29)43(30)46-26-31)25-37(39)33-18-8-10-20-35(33)44(40)47-41(38)28-14-5-2-6-15-28/h1-26,47H. The fourth-order valence-electron chi connectivity index (χ4n) is 7.58. The number of nitrogens with zero attached hydrogens (tertiary/aromatic N) is 2. The van der Waals surface area contributed by atoms with E-state index in [-0.39, 0.29) is 0 Å². The first-order valence-electron chi connectivity index (χ1n) is 16.0. The Balaban J connectivity index is 1.37. The maximum Gasteiger partial charge on any atom is 0.0964 e. The van der Waals surface area contributed by atoms with Gasteiger partial charge in [-0.05, 0) is 56.4 Å². The second-order valence-electron chi connectivity index (χ2n) is 12.2. The minimum absolute atomic E-state index is 0.928. The molecule has 10 aromatic rings. The summed E-state index contributed by atoms with van der Waals surface area (Å²) in [6.45, 7) is 0. The number of pyridine rings is 2. The lowest BCUT2D eigenvalue weighted by molar-refractivity contribution is 1.37. The predicted molar refractivity (Wildman–Crippen MR) is 198 cm³/mol. The predicted octanol–water partition coefficient (Wildman–Crippen LogP) is 11.7. The molecule has 0 aliphatic heterocycles. The molecule has 0 aliphatic rings. The molecule has 0 atom stereocenters. The molecule has 0 aliphatic carbocycles. The van der Waals surface area contributed by atoms with Crippen molar-refractivity contribution >= 4 is 65.0 Å². The first-order valence-corrected chi connectivity index (χ1v) is 16.0. The molecule has 47 heavy (non-hydrogen) atoms. The highest BCUT2D eigenvalue weighted by Crippen LogP contribution is 2.48. The second kappa shape index (κ2) is 10.1. The van der Waals surface area contributed by atoms with Crippen molar-refractivity contribution in [3.63, 3.8) is 0 Å². The first-order chi connectivity index (χ1) is 23.3. The number of hydrogen-bond donors (Lipinski definition) is 1. The summed E-state index contributed by atoms with van der Waals surface area (Å²) in [5.74, 6) is 0. The molecule has 0 saturated heterocycles. The van der Waals surface area contributed by atoms with Gasteiger partial charge < -0.3 is 4.98 Å². The topological polar surface area (TPSA) is 41.6 Å². The molecule has 1 N–H and O–H groups in total. The Morgan fingerprint density at radius 2 is 1.09 bits per heavy atom. The Morgan fingerprint density at radius 3 is 1.89 bits per heavy atom. The zero-order valence-corrected chi connectivity index (χ0v) is 25.4. The van der Waals surface area contributed by atoms with E-state index in [0.717, 1.165) is 38.6 Å². The van der Waals surface area contributed by atoms with Crippen LogP contribution in [0.25, 0.3) is 98.5 Å². The number of hydrogen-bond acceptors (Lipinski definition) is 2. The van der Waals surface area contributed by atoms with E-state index in [2.05, 4.69) is 149 Å². The van der Waals surface area contributed by atoms with Gasteiger partial charge in [0.05, 0.1) is 22.2 Å². The molecule has 3 aromatic heterocycles. The van der Waals surface area contributed by atoms with E-state index in [1.165, 1.54) is 60.0 Å². The van der Waals surface area contributed by atoms with Crippen molar-refractivity contribution in [2.24, 2.45) is 0 Å². The average molecular weight is 598 g/mol. The van der Waals surface area contributed by atoms with E-state index in [1.807, 2.05) is 18.5 Å². The molecule has 3 heterocycles. The summed E-state index contributed by atoms with van der Waals surface area (Å²) in [5.41, 5.74) is 10.0. The highest BCUT2D eigenvalue weighted by molar-refractivity contribution is 6.36. The normalized spacial score (nSPS) is 11.8. The lowest BCUT2D eigenvalue weighted by Crippen LogP contribution is -1.90. The fourth-order valence-corrected chi connectivity index (χ4v) is 7.58. The van der Waals surface area contributed by atoms with E-state index in [1.54, 1.807) is 0 Å². The summed E-state index contributed by atoms with van der Waals surface area (Å²) in [5, 5.41) is 10.8. The van der Waals surface area contributed by atoms with Crippen molar-refractivity contribution in [3.8, 4) is 33.5 Å². The van der Waals surface area contributed by atoms with Crippen molar-refractivity contribution in [2.45, 2.75) is 0 Å². The number of fused-ring (bicyclic) bond motifs is 11. The van der Waals surface area contributed by atoms with Gasteiger partial charge in [-0.25, -0.2) is 0 Å². The molecular weight excluding hydrogens is 571 g/mol. The van der Waals surface area contributed by atoms with Crippen LogP contribution in [0.2, 0.25) is 0 Å². The Labute approximate surface area is 270 Å². The minimum atomic E-state index is 0.928. The molecular formula is C44H27N3. The van der Waals surface area contributed by atoms with Crippen LogP contribution in [0.1, 0.15) is 0 Å². The molecule has 0 amide bonds. The number of rotatable bonds is 3. The molecule has 0 unspecified atom stereocenters. The van der Waals surface area contributed by atoms with E-state index in [9.17, 15) is 0 Å². The quantitative estimate of drug-likeness (QED) is 0.206. The summed E-state index contributed by atoms with van der Waals surface area (Å²) in [6, 6.07) is 52.2. The highest BCUT2D eigenvalue weighted by atomic mass is 14.7. The van der Waals surface area contributed by atoms with Gasteiger partial charge in [0, 0.05) is 50.5 Å². The van der Waals surface area contributed by atoms with Crippen LogP contribution in [0.4, 0.5) is 0 Å². The number of aromatic nitrogens is 3. The fraction of sp³-hybridized carbons (Fsp3) is 0. The van der Waals surface area contributed by atoms with Gasteiger partial charge in [-0.3, -0.25) is 9.97 Å². The lowest BCUT2D eigenvalue weighted by Gasteiger charge is -2.16.